The van der Waals surface area contributed by atoms with Crippen molar-refractivity contribution >= 4 is 5.91 Å². The highest BCUT2D eigenvalue weighted by molar-refractivity contribution is 5.79. The van der Waals surface area contributed by atoms with E-state index in [1.165, 1.54) is 0 Å². The molecule has 0 aliphatic heterocycles. The molecule has 0 saturated heterocycles. The lowest BCUT2D eigenvalue weighted by molar-refractivity contribution is -0.119. The number of nitrogens with one attached hydrogen (secondary N) is 1. The average Bonchev–Trinajstić information content (AvgIpc) is 2.25. The second kappa shape index (κ2) is 5.75. The Morgan fingerprint density at radius 2 is 1.94 bits per heavy atom. The monoisotopic (exact) mass is 239 g/mol. The van der Waals surface area contributed by atoms with Gasteiger partial charge in [-0.25, -0.2) is 4.39 Å². The van der Waals surface area contributed by atoms with Crippen molar-refractivity contribution in [2.45, 2.75) is 26.4 Å². The smallest absolute Gasteiger partial charge is 0.235 e. The van der Waals surface area contributed by atoms with Crippen LogP contribution in [0.15, 0.2) is 12.1 Å². The zero-order valence-corrected chi connectivity index (χ0v) is 10.1. The SMILES string of the molecule is Cc1cc(CNCC(N)C(N)=O)cc(C)c1F. The molecule has 1 aromatic rings. The van der Waals surface area contributed by atoms with Crippen LogP contribution in [0.1, 0.15) is 16.7 Å². The lowest BCUT2D eigenvalue weighted by Crippen LogP contribution is -2.44. The van der Waals surface area contributed by atoms with E-state index >= 15 is 0 Å². The number of aryl methyl sites for hydroxylation is 2. The Labute approximate surface area is 100 Å². The summed E-state index contributed by atoms with van der Waals surface area (Å²) in [5, 5.41) is 3.01. The zero-order chi connectivity index (χ0) is 13.0. The molecule has 5 N–H and O–H groups in total. The van der Waals surface area contributed by atoms with E-state index in [4.69, 9.17) is 11.5 Å². The van der Waals surface area contributed by atoms with Gasteiger partial charge in [-0.3, -0.25) is 4.79 Å². The van der Waals surface area contributed by atoms with Crippen molar-refractivity contribution in [1.82, 2.24) is 5.32 Å². The number of nitrogens with two attached hydrogens (primary N) is 2. The Balaban J connectivity index is 2.56. The minimum Gasteiger partial charge on any atom is -0.368 e. The van der Waals surface area contributed by atoms with E-state index in [-0.39, 0.29) is 5.82 Å². The first kappa shape index (κ1) is 13.6. The third kappa shape index (κ3) is 3.80. The van der Waals surface area contributed by atoms with E-state index < -0.39 is 11.9 Å². The maximum atomic E-state index is 13.4. The molecule has 0 bridgehead atoms. The quantitative estimate of drug-likeness (QED) is 0.693. The lowest BCUT2D eigenvalue weighted by Gasteiger charge is -2.10. The molecule has 1 unspecified atom stereocenters. The maximum Gasteiger partial charge on any atom is 0.235 e. The molecule has 1 rings (SSSR count). The van der Waals surface area contributed by atoms with Gasteiger partial charge in [-0.05, 0) is 30.5 Å². The molecule has 94 valence electrons. The van der Waals surface area contributed by atoms with Crippen LogP contribution < -0.4 is 16.8 Å². The van der Waals surface area contributed by atoms with Gasteiger partial charge < -0.3 is 16.8 Å². The normalized spacial score (nSPS) is 12.5. The molecule has 17 heavy (non-hydrogen) atoms. The van der Waals surface area contributed by atoms with Gasteiger partial charge in [-0.15, -0.1) is 0 Å². The van der Waals surface area contributed by atoms with Crippen molar-refractivity contribution in [2.24, 2.45) is 11.5 Å². The summed E-state index contributed by atoms with van der Waals surface area (Å²) in [6, 6.07) is 2.84. The second-order valence-corrected chi connectivity index (χ2v) is 4.18. The zero-order valence-electron chi connectivity index (χ0n) is 10.1. The van der Waals surface area contributed by atoms with Crippen molar-refractivity contribution in [2.75, 3.05) is 6.54 Å². The Hall–Kier alpha value is -1.46. The Morgan fingerprint density at radius 3 is 2.41 bits per heavy atom. The van der Waals surface area contributed by atoms with Crippen molar-refractivity contribution in [3.05, 3.63) is 34.6 Å². The van der Waals surface area contributed by atoms with Gasteiger partial charge in [0.25, 0.3) is 0 Å². The second-order valence-electron chi connectivity index (χ2n) is 4.18. The fourth-order valence-corrected chi connectivity index (χ4v) is 1.61. The van der Waals surface area contributed by atoms with Crippen molar-refractivity contribution < 1.29 is 9.18 Å². The Bertz CT molecular complexity index is 397. The van der Waals surface area contributed by atoms with Crippen LogP contribution in [0.4, 0.5) is 4.39 Å². The predicted octanol–water partition coefficient (Wildman–Crippen LogP) is 0.345. The van der Waals surface area contributed by atoms with E-state index in [9.17, 15) is 9.18 Å². The standard InChI is InChI=1S/C12H18FN3O/c1-7-3-9(4-8(2)11(7)13)5-16-6-10(14)12(15)17/h3-4,10,16H,5-6,14H2,1-2H3,(H2,15,17). The first-order valence-corrected chi connectivity index (χ1v) is 5.43. The summed E-state index contributed by atoms with van der Waals surface area (Å²) in [6.45, 7) is 4.29. The molecule has 0 saturated carbocycles. The highest BCUT2D eigenvalue weighted by Gasteiger charge is 2.08. The van der Waals surface area contributed by atoms with E-state index in [1.54, 1.807) is 26.0 Å². The topological polar surface area (TPSA) is 81.1 Å². The van der Waals surface area contributed by atoms with Crippen LogP contribution in [-0.4, -0.2) is 18.5 Å². The predicted molar refractivity (Wildman–Crippen MR) is 64.8 cm³/mol. The van der Waals surface area contributed by atoms with Gasteiger partial charge in [-0.2, -0.15) is 0 Å². The van der Waals surface area contributed by atoms with Crippen LogP contribution in [0.2, 0.25) is 0 Å². The molecule has 1 atom stereocenters. The van der Waals surface area contributed by atoms with Crippen molar-refractivity contribution in [3.63, 3.8) is 0 Å². The third-order valence-corrected chi connectivity index (χ3v) is 2.56. The van der Waals surface area contributed by atoms with Gasteiger partial charge in [0.05, 0.1) is 6.04 Å². The van der Waals surface area contributed by atoms with Crippen LogP contribution in [0, 0.1) is 19.7 Å². The molecular formula is C12H18FN3O. The van der Waals surface area contributed by atoms with Crippen LogP contribution in [0.25, 0.3) is 0 Å². The number of rotatable bonds is 5. The molecule has 0 spiro atoms. The van der Waals surface area contributed by atoms with Crippen LogP contribution in [-0.2, 0) is 11.3 Å². The largest absolute Gasteiger partial charge is 0.368 e. The fourth-order valence-electron chi connectivity index (χ4n) is 1.61. The lowest BCUT2D eigenvalue weighted by atomic mass is 10.1. The number of hydrogen-bond acceptors (Lipinski definition) is 3. The number of benzene rings is 1. The number of hydrogen-bond donors (Lipinski definition) is 3. The van der Waals surface area contributed by atoms with Gasteiger partial charge in [-0.1, -0.05) is 12.1 Å². The highest BCUT2D eigenvalue weighted by atomic mass is 19.1. The summed E-state index contributed by atoms with van der Waals surface area (Å²) in [5.74, 6) is -0.716. The molecular weight excluding hydrogens is 221 g/mol. The summed E-state index contributed by atoms with van der Waals surface area (Å²) in [7, 11) is 0. The number of carbonyl (C=O) groups excluding carboxylic acids is 1. The molecule has 0 radical (unpaired) electrons. The molecule has 1 amide bonds. The van der Waals surface area contributed by atoms with Crippen molar-refractivity contribution in [3.8, 4) is 0 Å². The van der Waals surface area contributed by atoms with Gasteiger partial charge in [0.15, 0.2) is 0 Å². The minimum absolute atomic E-state index is 0.178. The molecule has 0 aliphatic rings. The molecule has 0 aliphatic carbocycles. The molecule has 0 heterocycles. The number of amides is 1. The number of primary amides is 1. The Kier molecular flexibility index (Phi) is 4.60. The third-order valence-electron chi connectivity index (χ3n) is 2.56. The first-order chi connectivity index (χ1) is 7.91. The summed E-state index contributed by atoms with van der Waals surface area (Å²) in [4.78, 5) is 10.7. The molecule has 5 heteroatoms. The molecule has 0 aromatic heterocycles. The highest BCUT2D eigenvalue weighted by Crippen LogP contribution is 2.14. The molecule has 1 aromatic carbocycles. The van der Waals surface area contributed by atoms with Gasteiger partial charge in [0.2, 0.25) is 5.91 Å². The van der Waals surface area contributed by atoms with Crippen LogP contribution in [0.5, 0.6) is 0 Å². The van der Waals surface area contributed by atoms with Crippen LogP contribution in [0.3, 0.4) is 0 Å². The fraction of sp³-hybridized carbons (Fsp3) is 0.417. The summed E-state index contributed by atoms with van der Waals surface area (Å²) in [5.41, 5.74) is 12.7. The van der Waals surface area contributed by atoms with E-state index in [2.05, 4.69) is 5.32 Å². The van der Waals surface area contributed by atoms with E-state index in [0.717, 1.165) is 5.56 Å². The summed E-state index contributed by atoms with van der Waals surface area (Å²) >= 11 is 0. The Morgan fingerprint density at radius 1 is 1.41 bits per heavy atom. The molecule has 0 fully saturated rings. The van der Waals surface area contributed by atoms with Gasteiger partial charge in [0, 0.05) is 13.1 Å². The van der Waals surface area contributed by atoms with Gasteiger partial charge in [0.1, 0.15) is 5.82 Å². The van der Waals surface area contributed by atoms with E-state index in [0.29, 0.717) is 24.2 Å². The average molecular weight is 239 g/mol. The van der Waals surface area contributed by atoms with Gasteiger partial charge >= 0.3 is 0 Å². The first-order valence-electron chi connectivity index (χ1n) is 5.43. The maximum absolute atomic E-state index is 13.4. The van der Waals surface area contributed by atoms with E-state index in [1.807, 2.05) is 0 Å². The van der Waals surface area contributed by atoms with Crippen LogP contribution >= 0.6 is 0 Å². The number of carbonyl (C=O) groups is 1. The molecule has 4 nitrogen and oxygen atoms in total. The van der Waals surface area contributed by atoms with Crippen molar-refractivity contribution in [1.29, 1.82) is 0 Å². The summed E-state index contributed by atoms with van der Waals surface area (Å²) < 4.78 is 13.4. The minimum atomic E-state index is -0.697. The summed E-state index contributed by atoms with van der Waals surface area (Å²) in [6.07, 6.45) is 0. The number of halogens is 1.